The Morgan fingerprint density at radius 3 is 3.00 bits per heavy atom. The van der Waals surface area contributed by atoms with Crippen molar-refractivity contribution in [3.05, 3.63) is 32.8 Å². The average molecular weight is 332 g/mol. The summed E-state index contributed by atoms with van der Waals surface area (Å²) in [6.07, 6.45) is 1.88. The second-order valence-corrected chi connectivity index (χ2v) is 5.47. The van der Waals surface area contributed by atoms with Gasteiger partial charge in [-0.3, -0.25) is 4.40 Å². The molecule has 5 heteroatoms. The highest BCUT2D eigenvalue weighted by atomic mass is 79.9. The molecule has 3 rings (SSSR count). The lowest BCUT2D eigenvalue weighted by Crippen LogP contribution is -1.86. The maximum Gasteiger partial charge on any atom is 0.140 e. The van der Waals surface area contributed by atoms with Crippen LogP contribution >= 0.6 is 43.2 Å². The van der Waals surface area contributed by atoms with Crippen LogP contribution in [-0.2, 0) is 0 Å². The first-order valence-corrected chi connectivity index (χ1v) is 6.42. The smallest absolute Gasteiger partial charge is 0.140 e. The summed E-state index contributed by atoms with van der Waals surface area (Å²) in [5, 5.41) is 2.05. The van der Waals surface area contributed by atoms with Gasteiger partial charge in [0.2, 0.25) is 0 Å². The lowest BCUT2D eigenvalue weighted by Gasteiger charge is -1.98. The van der Waals surface area contributed by atoms with Crippen LogP contribution in [0.3, 0.4) is 0 Å². The van der Waals surface area contributed by atoms with Crippen molar-refractivity contribution in [3.8, 4) is 0 Å². The van der Waals surface area contributed by atoms with E-state index in [1.165, 1.54) is 0 Å². The normalized spacial score (nSPS) is 11.6. The molecule has 0 N–H and O–H groups in total. The van der Waals surface area contributed by atoms with E-state index in [0.717, 1.165) is 24.9 Å². The fraction of sp³-hybridized carbons (Fsp3) is 0. The van der Waals surface area contributed by atoms with E-state index >= 15 is 0 Å². The van der Waals surface area contributed by atoms with Crippen molar-refractivity contribution in [3.63, 3.8) is 0 Å². The van der Waals surface area contributed by atoms with Gasteiger partial charge >= 0.3 is 0 Å². The van der Waals surface area contributed by atoms with Crippen molar-refractivity contribution in [1.29, 1.82) is 0 Å². The number of hydrogen-bond acceptors (Lipinski definition) is 2. The second kappa shape index (κ2) is 3.05. The first-order valence-electron chi connectivity index (χ1n) is 3.96. The predicted octanol–water partition coefficient (Wildman–Crippen LogP) is 4.07. The van der Waals surface area contributed by atoms with Gasteiger partial charge in [0, 0.05) is 4.47 Å². The highest BCUT2D eigenvalue weighted by molar-refractivity contribution is 9.11. The summed E-state index contributed by atoms with van der Waals surface area (Å²) in [5.41, 5.74) is 2.23. The monoisotopic (exact) mass is 330 g/mol. The lowest BCUT2D eigenvalue weighted by molar-refractivity contribution is 1.20. The molecule has 2 nitrogen and oxygen atoms in total. The molecule has 0 amide bonds. The van der Waals surface area contributed by atoms with Crippen molar-refractivity contribution >= 4 is 59.1 Å². The van der Waals surface area contributed by atoms with Crippen LogP contribution in [0.2, 0.25) is 0 Å². The van der Waals surface area contributed by atoms with E-state index in [1.807, 2.05) is 12.3 Å². The zero-order chi connectivity index (χ0) is 9.71. The number of thiophene rings is 1. The molecule has 3 heterocycles. The Kier molecular flexibility index (Phi) is 1.93. The van der Waals surface area contributed by atoms with Gasteiger partial charge in [-0.15, -0.1) is 11.3 Å². The summed E-state index contributed by atoms with van der Waals surface area (Å²) in [4.78, 5) is 5.45. The first kappa shape index (κ1) is 8.88. The van der Waals surface area contributed by atoms with E-state index in [-0.39, 0.29) is 0 Å². The largest absolute Gasteiger partial charge is 0.299 e. The molecule has 0 unspecified atom stereocenters. The fourth-order valence-electron chi connectivity index (χ4n) is 1.51. The van der Waals surface area contributed by atoms with Crippen molar-refractivity contribution in [2.24, 2.45) is 0 Å². The van der Waals surface area contributed by atoms with Gasteiger partial charge in [-0.1, -0.05) is 0 Å². The van der Waals surface area contributed by atoms with Crippen LogP contribution in [0.4, 0.5) is 0 Å². The van der Waals surface area contributed by atoms with Gasteiger partial charge in [0.15, 0.2) is 0 Å². The van der Waals surface area contributed by atoms with Crippen LogP contribution < -0.4 is 0 Å². The quantitative estimate of drug-likeness (QED) is 0.607. The minimum Gasteiger partial charge on any atom is -0.299 e. The van der Waals surface area contributed by atoms with Gasteiger partial charge < -0.3 is 0 Å². The van der Waals surface area contributed by atoms with Crippen LogP contribution in [0.5, 0.6) is 0 Å². The van der Waals surface area contributed by atoms with E-state index in [2.05, 4.69) is 52.7 Å². The Morgan fingerprint density at radius 1 is 1.29 bits per heavy atom. The van der Waals surface area contributed by atoms with Gasteiger partial charge in [-0.25, -0.2) is 4.98 Å². The molecule has 14 heavy (non-hydrogen) atoms. The molecule has 3 aromatic heterocycles. The minimum atomic E-state index is 1.05. The van der Waals surface area contributed by atoms with Crippen LogP contribution in [0, 0.1) is 0 Å². The van der Waals surface area contributed by atoms with E-state index in [0.29, 0.717) is 0 Å². The molecule has 70 valence electrons. The van der Waals surface area contributed by atoms with E-state index in [1.54, 1.807) is 11.3 Å². The zero-order valence-corrected chi connectivity index (χ0v) is 10.9. The third kappa shape index (κ3) is 1.09. The van der Waals surface area contributed by atoms with Crippen LogP contribution in [0.25, 0.3) is 15.9 Å². The topological polar surface area (TPSA) is 17.3 Å². The molecule has 0 aliphatic heterocycles. The third-order valence-corrected chi connectivity index (χ3v) is 4.14. The molecular weight excluding hydrogens is 328 g/mol. The Balaban J connectivity index is 2.68. The Bertz CT molecular complexity index is 626. The maximum atomic E-state index is 4.39. The van der Waals surface area contributed by atoms with Gasteiger partial charge in [-0.05, 0) is 49.4 Å². The molecule has 0 aliphatic carbocycles. The Labute approximate surface area is 101 Å². The third-order valence-electron chi connectivity index (χ3n) is 2.11. The number of fused-ring (bicyclic) bond motifs is 3. The second-order valence-electron chi connectivity index (χ2n) is 2.90. The van der Waals surface area contributed by atoms with Gasteiger partial charge in [0.05, 0.1) is 21.8 Å². The van der Waals surface area contributed by atoms with Crippen LogP contribution in [-0.4, -0.2) is 9.38 Å². The summed E-state index contributed by atoms with van der Waals surface area (Å²) in [6.45, 7) is 0. The standard InChI is InChI=1S/C9H4Br2N2S/c10-5-3-8(11)13-6-1-2-14-9(6)12-4-7(5)13/h1-4H. The fourth-order valence-corrected chi connectivity index (χ4v) is 3.64. The molecule has 0 fully saturated rings. The van der Waals surface area contributed by atoms with E-state index in [4.69, 9.17) is 0 Å². The van der Waals surface area contributed by atoms with Gasteiger partial charge in [0.25, 0.3) is 0 Å². The highest BCUT2D eigenvalue weighted by Crippen LogP contribution is 2.30. The summed E-state index contributed by atoms with van der Waals surface area (Å²) < 4.78 is 4.25. The number of rotatable bonds is 0. The van der Waals surface area contributed by atoms with Gasteiger partial charge in [-0.2, -0.15) is 0 Å². The summed E-state index contributed by atoms with van der Waals surface area (Å²) in [5.74, 6) is 0. The SMILES string of the molecule is Brc1cc(Br)n2c1cnc1sccc12. The molecule has 0 atom stereocenters. The molecule has 3 aromatic rings. The lowest BCUT2D eigenvalue weighted by atomic mass is 10.5. The van der Waals surface area contributed by atoms with Crippen molar-refractivity contribution in [1.82, 2.24) is 9.38 Å². The highest BCUT2D eigenvalue weighted by Gasteiger charge is 2.09. The predicted molar refractivity (Wildman–Crippen MR) is 66.0 cm³/mol. The summed E-state index contributed by atoms with van der Waals surface area (Å²) in [7, 11) is 0. The summed E-state index contributed by atoms with van der Waals surface area (Å²) >= 11 is 8.69. The molecule has 0 aliphatic rings. The average Bonchev–Trinajstić information content (AvgIpc) is 2.71. The number of hydrogen-bond donors (Lipinski definition) is 0. The Morgan fingerprint density at radius 2 is 2.14 bits per heavy atom. The zero-order valence-electron chi connectivity index (χ0n) is 6.87. The molecule has 0 bridgehead atoms. The number of nitrogens with zero attached hydrogens (tertiary/aromatic N) is 2. The van der Waals surface area contributed by atoms with Crippen LogP contribution in [0.1, 0.15) is 0 Å². The van der Waals surface area contributed by atoms with Crippen LogP contribution in [0.15, 0.2) is 32.8 Å². The van der Waals surface area contributed by atoms with E-state index < -0.39 is 0 Å². The first-order chi connectivity index (χ1) is 6.77. The van der Waals surface area contributed by atoms with Gasteiger partial charge in [0.1, 0.15) is 4.83 Å². The molecule has 0 radical (unpaired) electrons. The van der Waals surface area contributed by atoms with Crippen molar-refractivity contribution < 1.29 is 0 Å². The number of aromatic nitrogens is 2. The van der Waals surface area contributed by atoms with E-state index in [9.17, 15) is 0 Å². The molecule has 0 spiro atoms. The van der Waals surface area contributed by atoms with Crippen molar-refractivity contribution in [2.45, 2.75) is 0 Å². The molecule has 0 aromatic carbocycles. The molecule has 0 saturated heterocycles. The number of halogens is 2. The Hall–Kier alpha value is -0.390. The molecular formula is C9H4Br2N2S. The maximum absolute atomic E-state index is 4.39. The minimum absolute atomic E-state index is 1.05. The summed E-state index contributed by atoms with van der Waals surface area (Å²) in [6, 6.07) is 4.12. The molecule has 0 saturated carbocycles. The van der Waals surface area contributed by atoms with Crippen molar-refractivity contribution in [2.75, 3.05) is 0 Å².